The Morgan fingerprint density at radius 2 is 1.45 bits per heavy atom. The molecule has 1 heterocycles. The highest BCUT2D eigenvalue weighted by Gasteiger charge is 2.24. The lowest BCUT2D eigenvalue weighted by Gasteiger charge is -2.17. The average molecular weight is 777 g/mol. The fourth-order valence-electron chi connectivity index (χ4n) is 5.92. The van der Waals surface area contributed by atoms with Crippen LogP contribution < -0.4 is 25.4 Å². The number of hydrogen-bond acceptors (Lipinski definition) is 8. The number of hydrogen-bond donors (Lipinski definition) is 3. The van der Waals surface area contributed by atoms with E-state index in [1.165, 1.54) is 37.3 Å². The number of aromatic nitrogens is 1. The number of thioether (sulfide) groups is 1. The molecular formula is C45H36N4O5S2. The molecule has 1 atom stereocenters. The lowest BCUT2D eigenvalue weighted by atomic mass is 10.1. The first kappa shape index (κ1) is 37.6. The zero-order valence-electron chi connectivity index (χ0n) is 30.4. The largest absolute Gasteiger partial charge is 0.493 e. The number of fused-ring (bicyclic) bond motifs is 1. The van der Waals surface area contributed by atoms with E-state index in [1.807, 2.05) is 66.0 Å². The number of carbonyl (C=O) groups is 3. The van der Waals surface area contributed by atoms with Crippen LogP contribution in [0.5, 0.6) is 11.5 Å². The smallest absolute Gasteiger partial charge is 0.272 e. The number of nitrogens with zero attached hydrogens (tertiary/aromatic N) is 1. The molecule has 0 radical (unpaired) electrons. The predicted molar refractivity (Wildman–Crippen MR) is 225 cm³/mol. The van der Waals surface area contributed by atoms with Crippen LogP contribution in [0.3, 0.4) is 0 Å². The van der Waals surface area contributed by atoms with Crippen molar-refractivity contribution in [3.05, 3.63) is 173 Å². The second-order valence-electron chi connectivity index (χ2n) is 12.5. The van der Waals surface area contributed by atoms with Gasteiger partial charge in [0, 0.05) is 27.1 Å². The maximum atomic E-state index is 14.0. The van der Waals surface area contributed by atoms with Crippen molar-refractivity contribution < 1.29 is 23.9 Å². The van der Waals surface area contributed by atoms with Gasteiger partial charge in [0.25, 0.3) is 11.8 Å². The minimum atomic E-state index is -0.638. The Balaban J connectivity index is 1.11. The third kappa shape index (κ3) is 9.15. The molecule has 0 aliphatic rings. The van der Waals surface area contributed by atoms with Crippen molar-refractivity contribution >= 4 is 68.5 Å². The maximum absolute atomic E-state index is 14.0. The van der Waals surface area contributed by atoms with E-state index in [2.05, 4.69) is 40.2 Å². The van der Waals surface area contributed by atoms with Crippen molar-refractivity contribution in [2.24, 2.45) is 0 Å². The Kier molecular flexibility index (Phi) is 11.8. The molecule has 7 rings (SSSR count). The number of carbonyl (C=O) groups excluding carboxylic acids is 3. The van der Waals surface area contributed by atoms with E-state index in [-0.39, 0.29) is 11.6 Å². The highest BCUT2D eigenvalue weighted by atomic mass is 32.2. The Labute approximate surface area is 332 Å². The van der Waals surface area contributed by atoms with Crippen LogP contribution in [0.15, 0.2) is 162 Å². The summed E-state index contributed by atoms with van der Waals surface area (Å²) in [7, 11) is 3.06. The van der Waals surface area contributed by atoms with E-state index in [9.17, 15) is 14.4 Å². The van der Waals surface area contributed by atoms with E-state index in [1.54, 1.807) is 66.7 Å². The van der Waals surface area contributed by atoms with E-state index in [4.69, 9.17) is 14.5 Å². The van der Waals surface area contributed by atoms with Crippen molar-refractivity contribution in [2.45, 2.75) is 10.1 Å². The summed E-state index contributed by atoms with van der Waals surface area (Å²) in [6, 6.07) is 44.9. The molecule has 278 valence electrons. The molecule has 0 aliphatic heterocycles. The monoisotopic (exact) mass is 776 g/mol. The van der Waals surface area contributed by atoms with Crippen LogP contribution in [0.2, 0.25) is 0 Å². The topological polar surface area (TPSA) is 119 Å². The molecule has 56 heavy (non-hydrogen) atoms. The number of rotatable bonds is 13. The fraction of sp³-hybridized carbons (Fsp3) is 0.0667. The van der Waals surface area contributed by atoms with Gasteiger partial charge in [0.15, 0.2) is 16.6 Å². The summed E-state index contributed by atoms with van der Waals surface area (Å²) in [5, 5.41) is 12.8. The maximum Gasteiger partial charge on any atom is 0.272 e. The van der Waals surface area contributed by atoms with Crippen molar-refractivity contribution in [3.63, 3.8) is 0 Å². The number of methoxy groups -OCH3 is 2. The van der Waals surface area contributed by atoms with Crippen LogP contribution in [-0.2, 0) is 9.59 Å². The molecule has 0 fully saturated rings. The van der Waals surface area contributed by atoms with Crippen LogP contribution in [0.4, 0.5) is 10.8 Å². The van der Waals surface area contributed by atoms with Crippen molar-refractivity contribution in [1.82, 2.24) is 10.3 Å². The van der Waals surface area contributed by atoms with Gasteiger partial charge < -0.3 is 25.4 Å². The van der Waals surface area contributed by atoms with E-state index in [0.29, 0.717) is 33.4 Å². The molecule has 1 unspecified atom stereocenters. The predicted octanol–water partition coefficient (Wildman–Crippen LogP) is 9.86. The van der Waals surface area contributed by atoms with Crippen LogP contribution in [0, 0.1) is 0 Å². The first-order valence-corrected chi connectivity index (χ1v) is 19.3. The van der Waals surface area contributed by atoms with Gasteiger partial charge >= 0.3 is 0 Å². The summed E-state index contributed by atoms with van der Waals surface area (Å²) in [6.07, 6.45) is 1.57. The lowest BCUT2D eigenvalue weighted by Crippen LogP contribution is -2.30. The van der Waals surface area contributed by atoms with Crippen molar-refractivity contribution in [1.29, 1.82) is 0 Å². The second-order valence-corrected chi connectivity index (χ2v) is 14.5. The molecule has 0 spiro atoms. The summed E-state index contributed by atoms with van der Waals surface area (Å²) in [5.41, 5.74) is 4.03. The Morgan fingerprint density at radius 3 is 2.21 bits per heavy atom. The summed E-state index contributed by atoms with van der Waals surface area (Å²) in [4.78, 5) is 46.6. The van der Waals surface area contributed by atoms with E-state index >= 15 is 0 Å². The van der Waals surface area contributed by atoms with Gasteiger partial charge in [0.1, 0.15) is 10.9 Å². The summed E-state index contributed by atoms with van der Waals surface area (Å²) >= 11 is 2.71. The summed E-state index contributed by atoms with van der Waals surface area (Å²) < 4.78 is 10.8. The van der Waals surface area contributed by atoms with Crippen LogP contribution in [-0.4, -0.2) is 36.9 Å². The first-order valence-electron chi connectivity index (χ1n) is 17.6. The SMILES string of the molecule is COc1ccc(/C=C(/NC(=O)c2ccccc2)C(=O)Nc2cccc(SC(C(=O)Nc3nc(-c4ccc5ccccc5c4)cs3)c3ccccc3)c2)cc1OC. The highest BCUT2D eigenvalue weighted by molar-refractivity contribution is 8.00. The third-order valence-electron chi connectivity index (χ3n) is 8.71. The normalized spacial score (nSPS) is 11.7. The number of nitrogens with one attached hydrogen (secondary N) is 3. The van der Waals surface area contributed by atoms with Gasteiger partial charge in [-0.2, -0.15) is 0 Å². The zero-order valence-corrected chi connectivity index (χ0v) is 32.0. The van der Waals surface area contributed by atoms with Gasteiger partial charge in [-0.25, -0.2) is 4.98 Å². The minimum absolute atomic E-state index is 0.0113. The number of benzene rings is 6. The molecule has 7 aromatic rings. The lowest BCUT2D eigenvalue weighted by molar-refractivity contribution is -0.116. The van der Waals surface area contributed by atoms with Crippen molar-refractivity contribution in [3.8, 4) is 22.8 Å². The Bertz CT molecular complexity index is 2540. The molecule has 11 heteroatoms. The van der Waals surface area contributed by atoms with Gasteiger partial charge in [0.2, 0.25) is 5.91 Å². The number of amides is 3. The quantitative estimate of drug-likeness (QED) is 0.0788. The molecule has 3 amide bonds. The molecule has 9 nitrogen and oxygen atoms in total. The Hall–Kier alpha value is -6.69. The van der Waals surface area contributed by atoms with Gasteiger partial charge in [-0.05, 0) is 76.5 Å². The number of thiazole rings is 1. The van der Waals surface area contributed by atoms with Crippen LogP contribution in [0.25, 0.3) is 28.1 Å². The fourth-order valence-corrected chi connectivity index (χ4v) is 7.72. The molecule has 0 aliphatic carbocycles. The Morgan fingerprint density at radius 1 is 0.714 bits per heavy atom. The van der Waals surface area contributed by atoms with Gasteiger partial charge in [-0.15, -0.1) is 23.1 Å². The molecule has 3 N–H and O–H groups in total. The van der Waals surface area contributed by atoms with Gasteiger partial charge in [-0.3, -0.25) is 14.4 Å². The van der Waals surface area contributed by atoms with E-state index in [0.717, 1.165) is 32.5 Å². The number of ether oxygens (including phenoxy) is 2. The molecular weight excluding hydrogens is 741 g/mol. The highest BCUT2D eigenvalue weighted by Crippen LogP contribution is 2.38. The second kappa shape index (κ2) is 17.6. The minimum Gasteiger partial charge on any atom is -0.493 e. The van der Waals surface area contributed by atoms with Crippen molar-refractivity contribution in [2.75, 3.05) is 24.9 Å². The molecule has 0 bridgehead atoms. The van der Waals surface area contributed by atoms with E-state index < -0.39 is 17.1 Å². The van der Waals surface area contributed by atoms with Gasteiger partial charge in [-0.1, -0.05) is 97.1 Å². The third-order valence-corrected chi connectivity index (χ3v) is 10.7. The van der Waals surface area contributed by atoms with Gasteiger partial charge in [0.05, 0.1) is 19.9 Å². The molecule has 1 aromatic heterocycles. The summed E-state index contributed by atoms with van der Waals surface area (Å²) in [6.45, 7) is 0. The average Bonchev–Trinajstić information content (AvgIpc) is 3.71. The zero-order chi connectivity index (χ0) is 38.9. The first-order chi connectivity index (χ1) is 27.4. The number of anilines is 2. The summed E-state index contributed by atoms with van der Waals surface area (Å²) in [5.74, 6) is -0.234. The molecule has 0 saturated carbocycles. The van der Waals surface area contributed by atoms with Crippen LogP contribution >= 0.6 is 23.1 Å². The molecule has 0 saturated heterocycles. The standard InChI is InChI=1S/C45H36N4O5S2/c1-53-39-23-20-29(25-40(39)54-2)24-37(47-42(50)32-15-7-4-8-16-32)43(51)46-35-18-11-19-36(27-35)56-41(31-13-5-3-6-14-31)44(52)49-45-48-38(28-55-45)34-22-21-30-12-9-10-17-33(30)26-34/h3-28,41H,1-2H3,(H,46,51)(H,47,50)(H,48,49,52)/b37-24+. The van der Waals surface area contributed by atoms with Crippen LogP contribution in [0.1, 0.15) is 26.7 Å². The molecule has 6 aromatic carbocycles.